The summed E-state index contributed by atoms with van der Waals surface area (Å²) in [5.41, 5.74) is 0. The van der Waals surface area contributed by atoms with Gasteiger partial charge in [0.05, 0.1) is 31.1 Å². The Morgan fingerprint density at radius 3 is 3.07 bits per heavy atom. The summed E-state index contributed by atoms with van der Waals surface area (Å²) in [4.78, 5) is 13.8. The number of nitrogens with zero attached hydrogens (tertiary/aromatic N) is 3. The first-order valence-electron chi connectivity index (χ1n) is 9.90. The second kappa shape index (κ2) is 9.94. The molecule has 2 N–H and O–H groups in total. The fraction of sp³-hybridized carbons (Fsp3) is 0.632. The van der Waals surface area contributed by atoms with Gasteiger partial charge in [-0.15, -0.1) is 10.2 Å². The van der Waals surface area contributed by atoms with E-state index in [-0.39, 0.29) is 5.91 Å². The second-order valence-corrected chi connectivity index (χ2v) is 8.02. The normalized spacial score (nSPS) is 19.9. The first-order chi connectivity index (χ1) is 13.2. The van der Waals surface area contributed by atoms with Gasteiger partial charge in [-0.25, -0.2) is 0 Å². The van der Waals surface area contributed by atoms with Gasteiger partial charge in [0.25, 0.3) is 0 Å². The maximum atomic E-state index is 12.2. The van der Waals surface area contributed by atoms with Crippen LogP contribution in [0.4, 0.5) is 0 Å². The Labute approximate surface area is 164 Å². The van der Waals surface area contributed by atoms with E-state index in [9.17, 15) is 4.79 Å². The summed E-state index contributed by atoms with van der Waals surface area (Å²) in [5, 5.41) is 12.2. The molecule has 1 fully saturated rings. The molecule has 8 heteroatoms. The zero-order valence-corrected chi connectivity index (χ0v) is 17.1. The summed E-state index contributed by atoms with van der Waals surface area (Å²) in [7, 11) is 0. The van der Waals surface area contributed by atoms with Crippen LogP contribution < -0.4 is 10.2 Å². The van der Waals surface area contributed by atoms with E-state index in [0.29, 0.717) is 17.3 Å². The third kappa shape index (κ3) is 5.35. The molecule has 0 aliphatic carbocycles. The maximum Gasteiger partial charge on any atom is 0.230 e. The third-order valence-electron chi connectivity index (χ3n) is 5.19. The fourth-order valence-corrected chi connectivity index (χ4v) is 4.45. The number of likely N-dealkylation sites (tertiary alicyclic amines) is 1. The molecule has 0 radical (unpaired) electrons. The second-order valence-electron chi connectivity index (χ2n) is 7.08. The molecular formula is C19H30N5O2S+. The maximum absolute atomic E-state index is 12.2. The lowest BCUT2D eigenvalue weighted by molar-refractivity contribution is -0.928. The highest BCUT2D eigenvalue weighted by molar-refractivity contribution is 7.99. The van der Waals surface area contributed by atoms with Crippen molar-refractivity contribution in [3.05, 3.63) is 18.4 Å². The average molecular weight is 393 g/mol. The summed E-state index contributed by atoms with van der Waals surface area (Å²) in [6.07, 6.45) is 6.68. The van der Waals surface area contributed by atoms with Gasteiger partial charge in [0.2, 0.25) is 5.91 Å². The van der Waals surface area contributed by atoms with Gasteiger partial charge in [-0.1, -0.05) is 11.8 Å². The van der Waals surface area contributed by atoms with Crippen LogP contribution in [0.3, 0.4) is 0 Å². The van der Waals surface area contributed by atoms with E-state index in [4.69, 9.17) is 4.42 Å². The molecule has 0 spiro atoms. The highest BCUT2D eigenvalue weighted by Gasteiger charge is 2.21. The molecule has 0 bridgehead atoms. The summed E-state index contributed by atoms with van der Waals surface area (Å²) in [6, 6.07) is 4.45. The first-order valence-corrected chi connectivity index (χ1v) is 10.9. The molecule has 27 heavy (non-hydrogen) atoms. The van der Waals surface area contributed by atoms with Crippen molar-refractivity contribution in [3.8, 4) is 11.6 Å². The van der Waals surface area contributed by atoms with Crippen LogP contribution in [0.15, 0.2) is 28.0 Å². The molecule has 2 aromatic rings. The highest BCUT2D eigenvalue weighted by atomic mass is 32.2. The quantitative estimate of drug-likeness (QED) is 0.501. The topological polar surface area (TPSA) is 77.4 Å². The number of carbonyl (C=O) groups is 1. The average Bonchev–Trinajstić information content (AvgIpc) is 3.33. The van der Waals surface area contributed by atoms with Crippen molar-refractivity contribution in [2.75, 3.05) is 25.4 Å². The number of aromatic nitrogens is 3. The largest absolute Gasteiger partial charge is 0.461 e. The molecule has 0 aromatic carbocycles. The predicted octanol–water partition coefficient (Wildman–Crippen LogP) is 1.61. The minimum atomic E-state index is 0.0481. The van der Waals surface area contributed by atoms with Crippen LogP contribution in [-0.2, 0) is 11.3 Å². The standard InChI is InChI=1S/C19H29N5O2S/c1-3-24-18(16-9-6-13-26-16)21-22-19(24)27-14-17(25)20-10-7-12-23-11-5-4-8-15(23)2/h6,9,13,15H,3-5,7-8,10-12,14H2,1-2H3,(H,20,25)/p+1/t15-/m0/s1. The van der Waals surface area contributed by atoms with Crippen molar-refractivity contribution in [2.45, 2.75) is 57.3 Å². The van der Waals surface area contributed by atoms with Crippen LogP contribution in [-0.4, -0.2) is 52.1 Å². The number of amides is 1. The lowest BCUT2D eigenvalue weighted by Crippen LogP contribution is -3.16. The van der Waals surface area contributed by atoms with Crippen molar-refractivity contribution in [1.82, 2.24) is 20.1 Å². The minimum absolute atomic E-state index is 0.0481. The monoisotopic (exact) mass is 392 g/mol. The number of nitrogens with one attached hydrogen (secondary N) is 2. The number of hydrogen-bond donors (Lipinski definition) is 2. The van der Waals surface area contributed by atoms with Crippen LogP contribution in [0.2, 0.25) is 0 Å². The molecule has 1 amide bonds. The third-order valence-corrected chi connectivity index (χ3v) is 6.15. The van der Waals surface area contributed by atoms with Gasteiger partial charge in [0.15, 0.2) is 16.7 Å². The van der Waals surface area contributed by atoms with E-state index in [1.54, 1.807) is 11.2 Å². The Morgan fingerprint density at radius 2 is 2.33 bits per heavy atom. The smallest absolute Gasteiger partial charge is 0.230 e. The number of quaternary nitrogens is 1. The molecule has 2 aromatic heterocycles. The molecule has 3 heterocycles. The predicted molar refractivity (Wildman–Crippen MR) is 106 cm³/mol. The number of piperidine rings is 1. The van der Waals surface area contributed by atoms with Crippen LogP contribution >= 0.6 is 11.8 Å². The molecular weight excluding hydrogens is 362 g/mol. The summed E-state index contributed by atoms with van der Waals surface area (Å²) in [5.74, 6) is 1.79. The fourth-order valence-electron chi connectivity index (χ4n) is 3.62. The highest BCUT2D eigenvalue weighted by Crippen LogP contribution is 2.23. The van der Waals surface area contributed by atoms with Crippen LogP contribution in [0, 0.1) is 0 Å². The molecule has 1 aliphatic heterocycles. The molecule has 1 unspecified atom stereocenters. The molecule has 3 rings (SSSR count). The van der Waals surface area contributed by atoms with E-state index in [1.165, 1.54) is 37.6 Å². The lowest BCUT2D eigenvalue weighted by atomic mass is 10.0. The molecule has 2 atom stereocenters. The molecule has 148 valence electrons. The summed E-state index contributed by atoms with van der Waals surface area (Å²) >= 11 is 1.41. The number of carbonyl (C=O) groups excluding carboxylic acids is 1. The van der Waals surface area contributed by atoms with E-state index in [2.05, 4.69) is 22.4 Å². The molecule has 1 aliphatic rings. The SMILES string of the molecule is CCn1c(SCC(=O)NCCC[NH+]2CCCC[C@@H]2C)nnc1-c1ccco1. The molecule has 1 saturated heterocycles. The Morgan fingerprint density at radius 1 is 1.44 bits per heavy atom. The Balaban J connectivity index is 1.40. The number of furan rings is 1. The Kier molecular flexibility index (Phi) is 7.34. The van der Waals surface area contributed by atoms with E-state index in [1.807, 2.05) is 23.6 Å². The van der Waals surface area contributed by atoms with Gasteiger partial charge in [-0.3, -0.25) is 9.36 Å². The molecule has 7 nitrogen and oxygen atoms in total. The zero-order valence-electron chi connectivity index (χ0n) is 16.2. The van der Waals surface area contributed by atoms with Crippen molar-refractivity contribution in [1.29, 1.82) is 0 Å². The zero-order chi connectivity index (χ0) is 19.1. The summed E-state index contributed by atoms with van der Waals surface area (Å²) in [6.45, 7) is 8.26. The van der Waals surface area contributed by atoms with Gasteiger partial charge < -0.3 is 14.6 Å². The Bertz CT molecular complexity index is 716. The molecule has 0 saturated carbocycles. The number of thioether (sulfide) groups is 1. The van der Waals surface area contributed by atoms with E-state index < -0.39 is 0 Å². The minimum Gasteiger partial charge on any atom is -0.461 e. The van der Waals surface area contributed by atoms with Crippen molar-refractivity contribution in [3.63, 3.8) is 0 Å². The van der Waals surface area contributed by atoms with E-state index >= 15 is 0 Å². The van der Waals surface area contributed by atoms with Gasteiger partial charge in [-0.05, 0) is 45.2 Å². The van der Waals surface area contributed by atoms with Crippen LogP contribution in [0.5, 0.6) is 0 Å². The Hall–Kier alpha value is -1.80. The summed E-state index contributed by atoms with van der Waals surface area (Å²) < 4.78 is 7.38. The van der Waals surface area contributed by atoms with Gasteiger partial charge >= 0.3 is 0 Å². The van der Waals surface area contributed by atoms with Crippen LogP contribution in [0.1, 0.15) is 39.5 Å². The number of rotatable bonds is 9. The van der Waals surface area contributed by atoms with Crippen molar-refractivity contribution in [2.24, 2.45) is 0 Å². The van der Waals surface area contributed by atoms with Crippen molar-refractivity contribution >= 4 is 17.7 Å². The van der Waals surface area contributed by atoms with Gasteiger partial charge in [0, 0.05) is 19.5 Å². The van der Waals surface area contributed by atoms with Crippen LogP contribution in [0.25, 0.3) is 11.6 Å². The number of hydrogen-bond acceptors (Lipinski definition) is 5. The van der Waals surface area contributed by atoms with Gasteiger partial charge in [0.1, 0.15) is 0 Å². The lowest BCUT2D eigenvalue weighted by Gasteiger charge is -2.30. The van der Waals surface area contributed by atoms with E-state index in [0.717, 1.165) is 37.3 Å². The van der Waals surface area contributed by atoms with Crippen molar-refractivity contribution < 1.29 is 14.1 Å². The van der Waals surface area contributed by atoms with Gasteiger partial charge in [-0.2, -0.15) is 0 Å². The first kappa shape index (κ1) is 19.9.